The Morgan fingerprint density at radius 2 is 1.92 bits per heavy atom. The molecule has 1 aromatic rings. The molecule has 0 saturated heterocycles. The molecule has 0 aliphatic heterocycles. The number of hydrogen-bond acceptors (Lipinski definition) is 1. The standard InChI is InChI=1S/C20H25BrFNO/c1-19(2,15-4-3-5-16(21)8-15)18(24)23-17-13-6-12-7-14(17)11-20(22,9-12)10-13/h3-5,8,12-14,17H,6-7,9-11H2,1-2H3,(H,23,24)/t12?,13-,14?,17+,20+/m0/s1. The number of amides is 1. The highest BCUT2D eigenvalue weighted by molar-refractivity contribution is 9.10. The van der Waals surface area contributed by atoms with E-state index in [1.165, 1.54) is 0 Å². The van der Waals surface area contributed by atoms with Gasteiger partial charge >= 0.3 is 0 Å². The number of benzene rings is 1. The number of rotatable bonds is 3. The summed E-state index contributed by atoms with van der Waals surface area (Å²) >= 11 is 3.49. The normalized spacial score (nSPS) is 37.5. The van der Waals surface area contributed by atoms with Crippen LogP contribution in [0, 0.1) is 17.8 Å². The molecule has 5 atom stereocenters. The second-order valence-corrected chi connectivity index (χ2v) is 9.67. The summed E-state index contributed by atoms with van der Waals surface area (Å²) in [7, 11) is 0. The maximum atomic E-state index is 14.8. The number of carbonyl (C=O) groups excluding carboxylic acids is 1. The van der Waals surface area contributed by atoms with E-state index in [-0.39, 0.29) is 11.9 Å². The van der Waals surface area contributed by atoms with Gasteiger partial charge in [-0.25, -0.2) is 4.39 Å². The second kappa shape index (κ2) is 5.55. The Hall–Kier alpha value is -0.900. The van der Waals surface area contributed by atoms with Gasteiger partial charge in [0.1, 0.15) is 5.67 Å². The van der Waals surface area contributed by atoms with Crippen LogP contribution in [-0.2, 0) is 10.2 Å². The zero-order valence-corrected chi connectivity index (χ0v) is 15.9. The van der Waals surface area contributed by atoms with Crippen LogP contribution in [0.1, 0.15) is 51.5 Å². The molecule has 0 spiro atoms. The van der Waals surface area contributed by atoms with Crippen LogP contribution in [-0.4, -0.2) is 17.6 Å². The molecule has 4 fully saturated rings. The lowest BCUT2D eigenvalue weighted by atomic mass is 9.53. The highest BCUT2D eigenvalue weighted by Crippen LogP contribution is 2.57. The average Bonchev–Trinajstić information content (AvgIpc) is 2.49. The molecule has 0 radical (unpaired) electrons. The van der Waals surface area contributed by atoms with Crippen LogP contribution < -0.4 is 5.32 Å². The first-order valence-corrected chi connectivity index (χ1v) is 9.82. The highest BCUT2D eigenvalue weighted by Gasteiger charge is 2.56. The van der Waals surface area contributed by atoms with Crippen LogP contribution in [0.25, 0.3) is 0 Å². The molecule has 1 amide bonds. The Labute approximate surface area is 151 Å². The van der Waals surface area contributed by atoms with Crippen molar-refractivity contribution >= 4 is 21.8 Å². The first-order valence-electron chi connectivity index (χ1n) is 9.03. The van der Waals surface area contributed by atoms with Crippen LogP contribution in [0.4, 0.5) is 4.39 Å². The van der Waals surface area contributed by atoms with E-state index < -0.39 is 11.1 Å². The van der Waals surface area contributed by atoms with Crippen LogP contribution in [0.2, 0.25) is 0 Å². The maximum absolute atomic E-state index is 14.8. The van der Waals surface area contributed by atoms with Crippen molar-refractivity contribution in [2.24, 2.45) is 17.8 Å². The van der Waals surface area contributed by atoms with Crippen LogP contribution in [0.5, 0.6) is 0 Å². The monoisotopic (exact) mass is 393 g/mol. The van der Waals surface area contributed by atoms with Crippen molar-refractivity contribution in [3.63, 3.8) is 0 Å². The Kier molecular flexibility index (Phi) is 3.83. The lowest BCUT2D eigenvalue weighted by molar-refractivity contribution is -0.134. The molecule has 2 nitrogen and oxygen atoms in total. The van der Waals surface area contributed by atoms with Crippen molar-refractivity contribution < 1.29 is 9.18 Å². The van der Waals surface area contributed by atoms with Crippen molar-refractivity contribution in [1.29, 1.82) is 0 Å². The molecule has 4 aliphatic carbocycles. The van der Waals surface area contributed by atoms with E-state index in [9.17, 15) is 9.18 Å². The molecule has 4 bridgehead atoms. The van der Waals surface area contributed by atoms with E-state index in [0.717, 1.165) is 29.3 Å². The van der Waals surface area contributed by atoms with Crippen molar-refractivity contribution in [2.75, 3.05) is 0 Å². The van der Waals surface area contributed by atoms with Gasteiger partial charge in [0.15, 0.2) is 0 Å². The molecule has 4 heteroatoms. The molecule has 5 rings (SSSR count). The van der Waals surface area contributed by atoms with Gasteiger partial charge in [0, 0.05) is 10.5 Å². The van der Waals surface area contributed by atoms with E-state index in [4.69, 9.17) is 0 Å². The maximum Gasteiger partial charge on any atom is 0.230 e. The Morgan fingerprint density at radius 1 is 1.25 bits per heavy atom. The molecule has 1 N–H and O–H groups in total. The Balaban J connectivity index is 1.52. The highest BCUT2D eigenvalue weighted by atomic mass is 79.9. The fourth-order valence-electron chi connectivity index (χ4n) is 5.50. The third kappa shape index (κ3) is 2.71. The van der Waals surface area contributed by atoms with Crippen LogP contribution in [0.15, 0.2) is 28.7 Å². The fraction of sp³-hybridized carbons (Fsp3) is 0.650. The molecule has 1 aromatic carbocycles. The van der Waals surface area contributed by atoms with Crippen molar-refractivity contribution in [1.82, 2.24) is 5.32 Å². The zero-order valence-electron chi connectivity index (χ0n) is 14.3. The zero-order chi connectivity index (χ0) is 17.1. The van der Waals surface area contributed by atoms with Gasteiger partial charge in [0.25, 0.3) is 0 Å². The van der Waals surface area contributed by atoms with Gasteiger partial charge in [-0.05, 0) is 81.4 Å². The lowest BCUT2D eigenvalue weighted by Crippen LogP contribution is -2.61. The summed E-state index contributed by atoms with van der Waals surface area (Å²) in [4.78, 5) is 13.0. The number of alkyl halides is 1. The van der Waals surface area contributed by atoms with Gasteiger partial charge in [-0.3, -0.25) is 4.79 Å². The van der Waals surface area contributed by atoms with Crippen LogP contribution in [0.3, 0.4) is 0 Å². The summed E-state index contributed by atoms with van der Waals surface area (Å²) < 4.78 is 15.8. The minimum atomic E-state index is -0.947. The molecule has 130 valence electrons. The Bertz CT molecular complexity index is 657. The molecule has 4 saturated carbocycles. The molecule has 0 aromatic heterocycles. The fourth-order valence-corrected chi connectivity index (χ4v) is 5.90. The topological polar surface area (TPSA) is 29.1 Å². The van der Waals surface area contributed by atoms with Gasteiger partial charge in [-0.2, -0.15) is 0 Å². The number of nitrogens with one attached hydrogen (secondary N) is 1. The quantitative estimate of drug-likeness (QED) is 0.787. The van der Waals surface area contributed by atoms with E-state index >= 15 is 0 Å². The third-order valence-electron chi connectivity index (χ3n) is 6.61. The van der Waals surface area contributed by atoms with Crippen molar-refractivity contribution in [3.8, 4) is 0 Å². The average molecular weight is 394 g/mol. The number of hydrogen-bond donors (Lipinski definition) is 1. The van der Waals surface area contributed by atoms with Gasteiger partial charge in [-0.15, -0.1) is 0 Å². The summed E-state index contributed by atoms with van der Waals surface area (Å²) in [6, 6.07) is 8.09. The summed E-state index contributed by atoms with van der Waals surface area (Å²) in [5.74, 6) is 1.25. The predicted molar refractivity (Wildman–Crippen MR) is 96.5 cm³/mol. The van der Waals surface area contributed by atoms with E-state index in [2.05, 4.69) is 21.2 Å². The summed E-state index contributed by atoms with van der Waals surface area (Å²) in [6.45, 7) is 3.94. The van der Waals surface area contributed by atoms with E-state index in [0.29, 0.717) is 30.6 Å². The van der Waals surface area contributed by atoms with E-state index in [1.807, 2.05) is 38.1 Å². The molecule has 4 aliphatic rings. The third-order valence-corrected chi connectivity index (χ3v) is 7.10. The minimum Gasteiger partial charge on any atom is -0.352 e. The summed E-state index contributed by atoms with van der Waals surface area (Å²) in [5, 5.41) is 3.32. The van der Waals surface area contributed by atoms with Crippen molar-refractivity contribution in [2.45, 2.75) is 63.1 Å². The van der Waals surface area contributed by atoms with Crippen molar-refractivity contribution in [3.05, 3.63) is 34.3 Å². The first kappa shape index (κ1) is 16.6. The minimum absolute atomic E-state index is 0.0611. The summed E-state index contributed by atoms with van der Waals surface area (Å²) in [6.07, 6.45) is 4.21. The van der Waals surface area contributed by atoms with Crippen LogP contribution >= 0.6 is 15.9 Å². The van der Waals surface area contributed by atoms with Gasteiger partial charge in [0.05, 0.1) is 5.41 Å². The lowest BCUT2D eigenvalue weighted by Gasteiger charge is -2.57. The molecule has 24 heavy (non-hydrogen) atoms. The molecular weight excluding hydrogens is 369 g/mol. The molecular formula is C20H25BrFNO. The summed E-state index contributed by atoms with van der Waals surface area (Å²) in [5.41, 5.74) is -0.538. The smallest absolute Gasteiger partial charge is 0.230 e. The van der Waals surface area contributed by atoms with E-state index in [1.54, 1.807) is 0 Å². The van der Waals surface area contributed by atoms with Gasteiger partial charge in [-0.1, -0.05) is 28.1 Å². The number of halogens is 2. The number of carbonyl (C=O) groups is 1. The van der Waals surface area contributed by atoms with Gasteiger partial charge < -0.3 is 5.32 Å². The first-order chi connectivity index (χ1) is 11.3. The molecule has 0 heterocycles. The van der Waals surface area contributed by atoms with Gasteiger partial charge in [0.2, 0.25) is 5.91 Å². The predicted octanol–water partition coefficient (Wildman–Crippen LogP) is 4.76. The largest absolute Gasteiger partial charge is 0.352 e. The SMILES string of the molecule is CC(C)(C(=O)N[C@H]1C2CC3C[C@H]1C[C@](F)(C3)C2)c1cccc(Br)c1. The molecule has 2 unspecified atom stereocenters. The second-order valence-electron chi connectivity index (χ2n) is 8.76. The Morgan fingerprint density at radius 3 is 2.50 bits per heavy atom.